The van der Waals surface area contributed by atoms with Crippen molar-refractivity contribution in [2.24, 2.45) is 11.8 Å². The average molecular weight is 141 g/mol. The Bertz CT molecular complexity index is 176. The summed E-state index contributed by atoms with van der Waals surface area (Å²) in [7, 11) is 1.69. The van der Waals surface area contributed by atoms with E-state index in [9.17, 15) is 4.79 Å². The summed E-state index contributed by atoms with van der Waals surface area (Å²) >= 11 is 0. The van der Waals surface area contributed by atoms with Gasteiger partial charge in [0.1, 0.15) is 0 Å². The van der Waals surface area contributed by atoms with Crippen LogP contribution in [-0.4, -0.2) is 24.1 Å². The van der Waals surface area contributed by atoms with E-state index in [1.54, 1.807) is 7.05 Å². The van der Waals surface area contributed by atoms with Gasteiger partial charge in [0.15, 0.2) is 0 Å². The maximum absolute atomic E-state index is 11.1. The van der Waals surface area contributed by atoms with Crippen LogP contribution in [0.1, 0.15) is 13.3 Å². The molecule has 3 unspecified atom stereocenters. The number of hydrogen-bond acceptors (Lipinski definition) is 2. The zero-order valence-electron chi connectivity index (χ0n) is 6.20. The second-order valence-corrected chi connectivity index (χ2v) is 3.15. The lowest BCUT2D eigenvalue weighted by atomic mass is 10.2. The minimum atomic E-state index is 0.156. The van der Waals surface area contributed by atoms with Gasteiger partial charge in [-0.25, -0.2) is 5.06 Å². The molecule has 2 fully saturated rings. The molecule has 1 saturated heterocycles. The Hall–Kier alpha value is -0.570. The Morgan fingerprint density at radius 1 is 1.70 bits per heavy atom. The number of amides is 1. The summed E-state index contributed by atoms with van der Waals surface area (Å²) in [6, 6.07) is 0. The van der Waals surface area contributed by atoms with Gasteiger partial charge in [-0.15, -0.1) is 0 Å². The van der Waals surface area contributed by atoms with Gasteiger partial charge in [0.2, 0.25) is 5.91 Å². The van der Waals surface area contributed by atoms with Crippen molar-refractivity contribution in [1.29, 1.82) is 0 Å². The third-order valence-corrected chi connectivity index (χ3v) is 2.39. The molecule has 1 saturated carbocycles. The smallest absolute Gasteiger partial charge is 0.249 e. The Morgan fingerprint density at radius 2 is 2.40 bits per heavy atom. The van der Waals surface area contributed by atoms with E-state index in [0.29, 0.717) is 5.92 Å². The van der Waals surface area contributed by atoms with Crippen molar-refractivity contribution in [2.75, 3.05) is 7.05 Å². The zero-order chi connectivity index (χ0) is 7.30. The number of carbonyl (C=O) groups is 1. The van der Waals surface area contributed by atoms with Crippen molar-refractivity contribution >= 4 is 5.91 Å². The molecule has 0 N–H and O–H groups in total. The van der Waals surface area contributed by atoms with Gasteiger partial charge < -0.3 is 0 Å². The van der Waals surface area contributed by atoms with Crippen molar-refractivity contribution in [3.05, 3.63) is 0 Å². The first-order chi connectivity index (χ1) is 4.70. The van der Waals surface area contributed by atoms with Crippen LogP contribution in [0, 0.1) is 11.8 Å². The van der Waals surface area contributed by atoms with Gasteiger partial charge in [-0.1, -0.05) is 0 Å². The molecule has 3 nitrogen and oxygen atoms in total. The molecule has 10 heavy (non-hydrogen) atoms. The van der Waals surface area contributed by atoms with Crippen molar-refractivity contribution in [3.63, 3.8) is 0 Å². The van der Waals surface area contributed by atoms with Crippen LogP contribution < -0.4 is 0 Å². The van der Waals surface area contributed by atoms with Crippen LogP contribution in [0.3, 0.4) is 0 Å². The van der Waals surface area contributed by atoms with Crippen LogP contribution in [-0.2, 0) is 9.63 Å². The Balaban J connectivity index is 2.12. The van der Waals surface area contributed by atoms with E-state index in [-0.39, 0.29) is 17.9 Å². The number of hydroxylamine groups is 2. The Morgan fingerprint density at radius 3 is 3.10 bits per heavy atom. The highest BCUT2D eigenvalue weighted by molar-refractivity contribution is 5.81. The van der Waals surface area contributed by atoms with Crippen LogP contribution in [0.15, 0.2) is 0 Å². The van der Waals surface area contributed by atoms with Crippen molar-refractivity contribution in [3.8, 4) is 0 Å². The molecule has 1 aliphatic heterocycles. The summed E-state index contributed by atoms with van der Waals surface area (Å²) in [4.78, 5) is 16.3. The largest absolute Gasteiger partial charge is 0.272 e. The fourth-order valence-corrected chi connectivity index (χ4v) is 1.63. The molecular weight excluding hydrogens is 130 g/mol. The Labute approximate surface area is 59.9 Å². The molecule has 2 aliphatic rings. The van der Waals surface area contributed by atoms with Crippen LogP contribution in [0.25, 0.3) is 0 Å². The molecule has 3 heteroatoms. The lowest BCUT2D eigenvalue weighted by Gasteiger charge is -2.26. The molecule has 0 bridgehead atoms. The minimum absolute atomic E-state index is 0.156. The standard InChI is InChI=1S/C7H11NO2/c1-4-5-3-6(5)7(9)8(2)10-4/h4-6H,3H2,1-2H3. The van der Waals surface area contributed by atoms with Gasteiger partial charge in [0, 0.05) is 13.0 Å². The van der Waals surface area contributed by atoms with Gasteiger partial charge in [0.05, 0.1) is 6.10 Å². The quantitative estimate of drug-likeness (QED) is 0.489. The average Bonchev–Trinajstić information content (AvgIpc) is 2.61. The summed E-state index contributed by atoms with van der Waals surface area (Å²) < 4.78 is 0. The first-order valence-corrected chi connectivity index (χ1v) is 3.64. The second-order valence-electron chi connectivity index (χ2n) is 3.15. The molecule has 0 radical (unpaired) electrons. The predicted octanol–water partition coefficient (Wildman–Crippen LogP) is 0.415. The maximum atomic E-state index is 11.1. The van der Waals surface area contributed by atoms with Crippen LogP contribution >= 0.6 is 0 Å². The van der Waals surface area contributed by atoms with Gasteiger partial charge in [0.25, 0.3) is 0 Å². The fraction of sp³-hybridized carbons (Fsp3) is 0.857. The fourth-order valence-electron chi connectivity index (χ4n) is 1.63. The highest BCUT2D eigenvalue weighted by Gasteiger charge is 2.52. The SMILES string of the molecule is CC1ON(C)C(=O)C2CC12. The van der Waals surface area contributed by atoms with Crippen LogP contribution in [0.5, 0.6) is 0 Å². The molecule has 1 heterocycles. The predicted molar refractivity (Wildman–Crippen MR) is 34.9 cm³/mol. The van der Waals surface area contributed by atoms with E-state index in [4.69, 9.17) is 4.84 Å². The third kappa shape index (κ3) is 0.669. The van der Waals surface area contributed by atoms with E-state index in [2.05, 4.69) is 0 Å². The molecule has 0 aromatic rings. The number of carbonyl (C=O) groups excluding carboxylic acids is 1. The molecular formula is C7H11NO2. The lowest BCUT2D eigenvalue weighted by Crippen LogP contribution is -2.38. The zero-order valence-corrected chi connectivity index (χ0v) is 6.20. The maximum Gasteiger partial charge on any atom is 0.249 e. The highest BCUT2D eigenvalue weighted by Crippen LogP contribution is 2.46. The molecule has 0 spiro atoms. The van der Waals surface area contributed by atoms with Crippen molar-refractivity contribution < 1.29 is 9.63 Å². The van der Waals surface area contributed by atoms with E-state index in [1.807, 2.05) is 6.92 Å². The number of nitrogens with zero attached hydrogens (tertiary/aromatic N) is 1. The van der Waals surface area contributed by atoms with Gasteiger partial charge in [-0.3, -0.25) is 9.63 Å². The van der Waals surface area contributed by atoms with Crippen molar-refractivity contribution in [1.82, 2.24) is 5.06 Å². The van der Waals surface area contributed by atoms with E-state index in [0.717, 1.165) is 6.42 Å². The third-order valence-electron chi connectivity index (χ3n) is 2.39. The molecule has 2 rings (SSSR count). The number of fused-ring (bicyclic) bond motifs is 1. The van der Waals surface area contributed by atoms with Crippen molar-refractivity contribution in [2.45, 2.75) is 19.4 Å². The second kappa shape index (κ2) is 1.72. The first-order valence-electron chi connectivity index (χ1n) is 3.64. The lowest BCUT2D eigenvalue weighted by molar-refractivity contribution is -0.210. The molecule has 1 amide bonds. The Kier molecular flexibility index (Phi) is 1.06. The summed E-state index contributed by atoms with van der Waals surface area (Å²) in [6.07, 6.45) is 1.28. The van der Waals surface area contributed by atoms with Crippen LogP contribution in [0.2, 0.25) is 0 Å². The summed E-state index contributed by atoms with van der Waals surface area (Å²) in [5.74, 6) is 0.959. The molecule has 3 atom stereocenters. The van der Waals surface area contributed by atoms with Gasteiger partial charge in [-0.2, -0.15) is 0 Å². The monoisotopic (exact) mass is 141 g/mol. The molecule has 0 aromatic carbocycles. The molecule has 0 aromatic heterocycles. The van der Waals surface area contributed by atoms with Gasteiger partial charge in [-0.05, 0) is 19.3 Å². The molecule has 1 aliphatic carbocycles. The summed E-state index contributed by atoms with van der Waals surface area (Å²) in [5.41, 5.74) is 0. The van der Waals surface area contributed by atoms with E-state index in [1.165, 1.54) is 5.06 Å². The number of hydrogen-bond donors (Lipinski definition) is 0. The van der Waals surface area contributed by atoms with E-state index >= 15 is 0 Å². The molecule has 56 valence electrons. The highest BCUT2D eigenvalue weighted by atomic mass is 16.7. The first kappa shape index (κ1) is 6.16. The van der Waals surface area contributed by atoms with Crippen LogP contribution in [0.4, 0.5) is 0 Å². The van der Waals surface area contributed by atoms with Gasteiger partial charge >= 0.3 is 0 Å². The summed E-state index contributed by atoms with van der Waals surface area (Å²) in [6.45, 7) is 2.02. The topological polar surface area (TPSA) is 29.5 Å². The minimum Gasteiger partial charge on any atom is -0.272 e. The normalized spacial score (nSPS) is 45.2. The number of rotatable bonds is 0. The van der Waals surface area contributed by atoms with E-state index < -0.39 is 0 Å². The summed E-state index contributed by atoms with van der Waals surface area (Å²) in [5, 5.41) is 1.37.